The molecule has 2 atom stereocenters. The Morgan fingerprint density at radius 3 is 3.17 bits per heavy atom. The first-order valence-electron chi connectivity index (χ1n) is 8.52. The molecule has 0 radical (unpaired) electrons. The van der Waals surface area contributed by atoms with Crippen LogP contribution in [0.15, 0.2) is 23.7 Å². The summed E-state index contributed by atoms with van der Waals surface area (Å²) >= 11 is 1.73. The van der Waals surface area contributed by atoms with Crippen molar-refractivity contribution in [3.8, 4) is 0 Å². The second kappa shape index (κ2) is 6.74. The van der Waals surface area contributed by atoms with E-state index in [9.17, 15) is 0 Å². The first-order valence-corrected chi connectivity index (χ1v) is 9.40. The van der Waals surface area contributed by atoms with Crippen molar-refractivity contribution >= 4 is 17.2 Å². The Bertz CT molecular complexity index is 662. The number of aromatic nitrogens is 3. The Labute approximate surface area is 146 Å². The minimum absolute atomic E-state index is 0.0225. The molecule has 1 spiro atoms. The van der Waals surface area contributed by atoms with Gasteiger partial charge in [-0.2, -0.15) is 5.10 Å². The Kier molecular flexibility index (Phi) is 4.47. The molecule has 2 saturated heterocycles. The van der Waals surface area contributed by atoms with Gasteiger partial charge in [-0.25, -0.2) is 4.98 Å². The molecule has 128 valence electrons. The normalized spacial score (nSPS) is 27.6. The molecule has 2 aliphatic heterocycles. The number of nitrogens with zero attached hydrogens (tertiary/aromatic N) is 4. The van der Waals surface area contributed by atoms with E-state index in [1.165, 1.54) is 11.4 Å². The van der Waals surface area contributed by atoms with Gasteiger partial charge >= 0.3 is 0 Å². The van der Waals surface area contributed by atoms with Gasteiger partial charge in [0.05, 0.1) is 30.5 Å². The van der Waals surface area contributed by atoms with Crippen molar-refractivity contribution in [3.05, 3.63) is 34.4 Å². The van der Waals surface area contributed by atoms with Crippen molar-refractivity contribution in [3.63, 3.8) is 0 Å². The third-order valence-electron chi connectivity index (χ3n) is 4.82. The molecule has 0 bridgehead atoms. The number of rotatable bonds is 4. The van der Waals surface area contributed by atoms with Crippen molar-refractivity contribution in [2.45, 2.75) is 44.4 Å². The van der Waals surface area contributed by atoms with Gasteiger partial charge in [0.1, 0.15) is 10.8 Å². The molecule has 4 heterocycles. The van der Waals surface area contributed by atoms with Gasteiger partial charge in [-0.1, -0.05) is 0 Å². The van der Waals surface area contributed by atoms with Crippen LogP contribution < -0.4 is 5.32 Å². The summed E-state index contributed by atoms with van der Waals surface area (Å²) in [5, 5.41) is 15.0. The van der Waals surface area contributed by atoms with Gasteiger partial charge in [-0.3, -0.25) is 4.90 Å². The molecule has 0 aromatic carbocycles. The van der Waals surface area contributed by atoms with E-state index in [-0.39, 0.29) is 5.60 Å². The van der Waals surface area contributed by atoms with Crippen LogP contribution in [-0.4, -0.2) is 51.4 Å². The molecule has 24 heavy (non-hydrogen) atoms. The van der Waals surface area contributed by atoms with Crippen LogP contribution in [0, 0.1) is 6.92 Å². The molecule has 0 unspecified atom stereocenters. The molecule has 2 fully saturated rings. The van der Waals surface area contributed by atoms with Crippen LogP contribution in [-0.2, 0) is 11.3 Å². The van der Waals surface area contributed by atoms with E-state index in [2.05, 4.69) is 25.4 Å². The number of anilines is 1. The predicted molar refractivity (Wildman–Crippen MR) is 94.1 cm³/mol. The average Bonchev–Trinajstić information content (AvgIpc) is 3.21. The summed E-state index contributed by atoms with van der Waals surface area (Å²) in [4.78, 5) is 6.89. The van der Waals surface area contributed by atoms with E-state index in [0.717, 1.165) is 50.6 Å². The van der Waals surface area contributed by atoms with Crippen LogP contribution in [0.4, 0.5) is 5.82 Å². The summed E-state index contributed by atoms with van der Waals surface area (Å²) in [6.07, 6.45) is 5.23. The fourth-order valence-corrected chi connectivity index (χ4v) is 4.41. The molecular formula is C17H23N5OS. The molecule has 1 N–H and O–H groups in total. The summed E-state index contributed by atoms with van der Waals surface area (Å²) in [7, 11) is 0. The van der Waals surface area contributed by atoms with Crippen LogP contribution in [0.2, 0.25) is 0 Å². The molecule has 2 aromatic heterocycles. The maximum absolute atomic E-state index is 6.27. The highest BCUT2D eigenvalue weighted by Gasteiger charge is 2.43. The first-order chi connectivity index (χ1) is 11.7. The molecule has 4 rings (SSSR count). The van der Waals surface area contributed by atoms with E-state index < -0.39 is 0 Å². The Balaban J connectivity index is 1.36. The van der Waals surface area contributed by atoms with E-state index >= 15 is 0 Å². The number of likely N-dealkylation sites (tertiary alicyclic amines) is 1. The number of aryl methyl sites for hydroxylation is 1. The maximum atomic E-state index is 6.27. The first kappa shape index (κ1) is 15.9. The lowest BCUT2D eigenvalue weighted by Gasteiger charge is -2.39. The third kappa shape index (κ3) is 3.58. The monoisotopic (exact) mass is 345 g/mol. The fourth-order valence-electron chi connectivity index (χ4n) is 3.75. The average molecular weight is 345 g/mol. The fraction of sp³-hybridized carbons (Fsp3) is 0.588. The summed E-state index contributed by atoms with van der Waals surface area (Å²) in [6.45, 7) is 5.74. The lowest BCUT2D eigenvalue weighted by Crippen LogP contribution is -2.47. The predicted octanol–water partition coefficient (Wildman–Crippen LogP) is 2.48. The Morgan fingerprint density at radius 2 is 2.38 bits per heavy atom. The standard InChI is InChI=1S/C17H23N5OS/c1-13-3-4-15(21-20-13)19-14-9-17(23-11-14)5-2-7-22(12-17)10-16-18-6-8-24-16/h3-4,6,8,14H,2,5,7,9-12H2,1H3,(H,19,21)/t14-,17-/m0/s1. The highest BCUT2D eigenvalue weighted by atomic mass is 32.1. The van der Waals surface area contributed by atoms with Gasteiger partial charge in [0.15, 0.2) is 0 Å². The van der Waals surface area contributed by atoms with E-state index in [4.69, 9.17) is 4.74 Å². The van der Waals surface area contributed by atoms with E-state index in [0.29, 0.717) is 6.04 Å². The SMILES string of the molecule is Cc1ccc(N[C@@H]2CO[C@@]3(CCCN(Cc4nccs4)C3)C2)nn1. The van der Waals surface area contributed by atoms with Crippen LogP contribution in [0.25, 0.3) is 0 Å². The van der Waals surface area contributed by atoms with Gasteiger partial charge in [0, 0.05) is 24.5 Å². The molecule has 2 aromatic rings. The van der Waals surface area contributed by atoms with Crippen LogP contribution in [0.3, 0.4) is 0 Å². The minimum Gasteiger partial charge on any atom is -0.371 e. The Morgan fingerprint density at radius 1 is 1.42 bits per heavy atom. The van der Waals surface area contributed by atoms with Crippen molar-refractivity contribution in [1.29, 1.82) is 0 Å². The van der Waals surface area contributed by atoms with Gasteiger partial charge < -0.3 is 10.1 Å². The zero-order valence-corrected chi connectivity index (χ0v) is 14.8. The highest BCUT2D eigenvalue weighted by Crippen LogP contribution is 2.36. The summed E-state index contributed by atoms with van der Waals surface area (Å²) in [5.41, 5.74) is 0.912. The van der Waals surface area contributed by atoms with Crippen LogP contribution in [0.1, 0.15) is 30.0 Å². The van der Waals surface area contributed by atoms with Crippen molar-refractivity contribution in [2.24, 2.45) is 0 Å². The summed E-state index contributed by atoms with van der Waals surface area (Å²) < 4.78 is 6.27. The van der Waals surface area contributed by atoms with Crippen molar-refractivity contribution in [2.75, 3.05) is 25.0 Å². The highest BCUT2D eigenvalue weighted by molar-refractivity contribution is 7.09. The number of hydrogen-bond donors (Lipinski definition) is 1. The number of hydrogen-bond acceptors (Lipinski definition) is 7. The second-order valence-corrected chi connectivity index (χ2v) is 7.82. The summed E-state index contributed by atoms with van der Waals surface area (Å²) in [5.74, 6) is 0.835. The molecule has 0 aliphatic carbocycles. The van der Waals surface area contributed by atoms with Crippen molar-refractivity contribution in [1.82, 2.24) is 20.1 Å². The largest absolute Gasteiger partial charge is 0.371 e. The topological polar surface area (TPSA) is 63.2 Å². The number of piperidine rings is 1. The van der Waals surface area contributed by atoms with Crippen LogP contribution in [0.5, 0.6) is 0 Å². The molecule has 0 amide bonds. The zero-order valence-electron chi connectivity index (χ0n) is 13.9. The smallest absolute Gasteiger partial charge is 0.148 e. The van der Waals surface area contributed by atoms with E-state index in [1.807, 2.05) is 30.6 Å². The molecule has 2 aliphatic rings. The number of thiazole rings is 1. The number of nitrogens with one attached hydrogen (secondary N) is 1. The van der Waals surface area contributed by atoms with Gasteiger partial charge in [-0.15, -0.1) is 16.4 Å². The molecule has 7 heteroatoms. The number of ether oxygens (including phenoxy) is 1. The maximum Gasteiger partial charge on any atom is 0.148 e. The van der Waals surface area contributed by atoms with E-state index in [1.54, 1.807) is 11.3 Å². The lowest BCUT2D eigenvalue weighted by atomic mass is 9.88. The molecule has 0 saturated carbocycles. The lowest BCUT2D eigenvalue weighted by molar-refractivity contribution is -0.0533. The zero-order chi connectivity index (χ0) is 16.4. The minimum atomic E-state index is -0.0225. The molecule has 6 nitrogen and oxygen atoms in total. The van der Waals surface area contributed by atoms with Gasteiger partial charge in [-0.05, 0) is 38.4 Å². The molecular weight excluding hydrogens is 322 g/mol. The van der Waals surface area contributed by atoms with Crippen LogP contribution >= 0.6 is 11.3 Å². The van der Waals surface area contributed by atoms with Crippen molar-refractivity contribution < 1.29 is 4.74 Å². The second-order valence-electron chi connectivity index (χ2n) is 6.84. The van der Waals surface area contributed by atoms with Gasteiger partial charge in [0.2, 0.25) is 0 Å². The third-order valence-corrected chi connectivity index (χ3v) is 5.58. The van der Waals surface area contributed by atoms with Gasteiger partial charge in [0.25, 0.3) is 0 Å². The summed E-state index contributed by atoms with van der Waals surface area (Å²) in [6, 6.07) is 4.28. The Hall–Kier alpha value is -1.57. The quantitative estimate of drug-likeness (QED) is 0.918.